The second-order valence-corrected chi connectivity index (χ2v) is 4.99. The van der Waals surface area contributed by atoms with Gasteiger partial charge in [0.05, 0.1) is 0 Å². The zero-order chi connectivity index (χ0) is 13.8. The van der Waals surface area contributed by atoms with Gasteiger partial charge in [0.2, 0.25) is 0 Å². The first-order valence-electron chi connectivity index (χ1n) is 6.51. The van der Waals surface area contributed by atoms with Crippen molar-refractivity contribution >= 4 is 5.97 Å². The lowest BCUT2D eigenvalue weighted by atomic mass is 10.1. The number of phenols is 1. The Labute approximate surface area is 111 Å². The number of likely N-dealkylation sites (tertiary alicyclic amines) is 1. The van der Waals surface area contributed by atoms with Crippen molar-refractivity contribution in [3.63, 3.8) is 0 Å². The van der Waals surface area contributed by atoms with Gasteiger partial charge in [-0.05, 0) is 37.1 Å². The van der Waals surface area contributed by atoms with Crippen molar-refractivity contribution in [3.05, 3.63) is 29.6 Å². The molecule has 1 aromatic rings. The van der Waals surface area contributed by atoms with Crippen molar-refractivity contribution < 1.29 is 19.4 Å². The Morgan fingerprint density at radius 1 is 1.32 bits per heavy atom. The van der Waals surface area contributed by atoms with Crippen LogP contribution < -0.4 is 0 Å². The number of phenolic OH excluding ortho intramolecular Hbond substituents is 1. The normalized spacial score (nSPS) is 21.0. The first-order valence-corrected chi connectivity index (χ1v) is 6.51. The van der Waals surface area contributed by atoms with Crippen LogP contribution in [-0.4, -0.2) is 33.7 Å². The summed E-state index contributed by atoms with van der Waals surface area (Å²) >= 11 is 0. The van der Waals surface area contributed by atoms with E-state index in [0.29, 0.717) is 25.1 Å². The lowest BCUT2D eigenvalue weighted by Gasteiger charge is -2.26. The molecule has 1 fully saturated rings. The van der Waals surface area contributed by atoms with Gasteiger partial charge in [-0.3, -0.25) is 9.69 Å². The Kier molecular flexibility index (Phi) is 4.37. The fourth-order valence-corrected chi connectivity index (χ4v) is 2.60. The lowest BCUT2D eigenvalue weighted by Crippen LogP contribution is -2.40. The molecule has 104 valence electrons. The van der Waals surface area contributed by atoms with E-state index in [2.05, 4.69) is 0 Å². The maximum atomic E-state index is 13.2. The smallest absolute Gasteiger partial charge is 0.320 e. The Bertz CT molecular complexity index is 444. The molecule has 0 aromatic heterocycles. The van der Waals surface area contributed by atoms with Crippen molar-refractivity contribution in [2.45, 2.75) is 38.3 Å². The fraction of sp³-hybridized carbons (Fsp3) is 0.500. The standard InChI is InChI=1S/C14H18FNO3/c15-11-6-10(7-12(17)8-11)9-16-5-3-1-2-4-13(16)14(18)19/h6-8,13,17H,1-5,9H2,(H,18,19). The van der Waals surface area contributed by atoms with E-state index in [9.17, 15) is 19.4 Å². The molecule has 1 atom stereocenters. The van der Waals surface area contributed by atoms with Crippen molar-refractivity contribution in [2.24, 2.45) is 0 Å². The van der Waals surface area contributed by atoms with Gasteiger partial charge in [-0.2, -0.15) is 0 Å². The van der Waals surface area contributed by atoms with E-state index >= 15 is 0 Å². The topological polar surface area (TPSA) is 60.8 Å². The van der Waals surface area contributed by atoms with Crippen LogP contribution in [0.15, 0.2) is 18.2 Å². The molecule has 0 aliphatic carbocycles. The van der Waals surface area contributed by atoms with Gasteiger partial charge in [-0.25, -0.2) is 4.39 Å². The highest BCUT2D eigenvalue weighted by atomic mass is 19.1. The van der Waals surface area contributed by atoms with E-state index in [1.807, 2.05) is 4.90 Å². The number of carbonyl (C=O) groups is 1. The number of rotatable bonds is 3. The quantitative estimate of drug-likeness (QED) is 0.882. The minimum absolute atomic E-state index is 0.128. The van der Waals surface area contributed by atoms with Crippen molar-refractivity contribution in [2.75, 3.05) is 6.54 Å². The number of halogens is 1. The summed E-state index contributed by atoms with van der Waals surface area (Å²) in [4.78, 5) is 13.1. The molecule has 0 radical (unpaired) electrons. The monoisotopic (exact) mass is 267 g/mol. The molecule has 2 N–H and O–H groups in total. The van der Waals surface area contributed by atoms with E-state index in [1.165, 1.54) is 12.1 Å². The van der Waals surface area contributed by atoms with Crippen molar-refractivity contribution in [3.8, 4) is 5.75 Å². The molecule has 19 heavy (non-hydrogen) atoms. The Morgan fingerprint density at radius 2 is 2.11 bits per heavy atom. The summed E-state index contributed by atoms with van der Waals surface area (Å²) in [6, 6.07) is 3.34. The first kappa shape index (κ1) is 13.8. The van der Waals surface area contributed by atoms with Gasteiger partial charge in [-0.15, -0.1) is 0 Å². The summed E-state index contributed by atoms with van der Waals surface area (Å²) in [7, 11) is 0. The van der Waals surface area contributed by atoms with Gasteiger partial charge >= 0.3 is 5.97 Å². The van der Waals surface area contributed by atoms with Crippen molar-refractivity contribution in [1.29, 1.82) is 0 Å². The largest absolute Gasteiger partial charge is 0.508 e. The lowest BCUT2D eigenvalue weighted by molar-refractivity contribution is -0.143. The molecule has 1 heterocycles. The summed E-state index contributed by atoms with van der Waals surface area (Å²) < 4.78 is 13.2. The summed E-state index contributed by atoms with van der Waals surface area (Å²) in [6.07, 6.45) is 3.50. The number of hydrogen-bond acceptors (Lipinski definition) is 3. The van der Waals surface area contributed by atoms with Crippen LogP contribution in [0.2, 0.25) is 0 Å². The molecule has 0 spiro atoms. The van der Waals surface area contributed by atoms with E-state index < -0.39 is 17.8 Å². The third kappa shape index (κ3) is 3.67. The predicted octanol–water partition coefficient (Wildman–Crippen LogP) is 2.36. The SMILES string of the molecule is O=C(O)C1CCCCCN1Cc1cc(O)cc(F)c1. The second-order valence-electron chi connectivity index (χ2n) is 4.99. The van der Waals surface area contributed by atoms with Crippen LogP contribution in [0.3, 0.4) is 0 Å². The van der Waals surface area contributed by atoms with Gasteiger partial charge in [0, 0.05) is 12.6 Å². The number of carboxylic acid groups (broad SMARTS) is 1. The van der Waals surface area contributed by atoms with Crippen LogP contribution >= 0.6 is 0 Å². The molecule has 1 aliphatic rings. The minimum atomic E-state index is -0.831. The number of hydrogen-bond donors (Lipinski definition) is 2. The minimum Gasteiger partial charge on any atom is -0.508 e. The molecule has 4 nitrogen and oxygen atoms in total. The molecule has 2 rings (SSSR count). The van der Waals surface area contributed by atoms with Crippen LogP contribution in [0.1, 0.15) is 31.2 Å². The molecule has 1 aromatic carbocycles. The highest BCUT2D eigenvalue weighted by Crippen LogP contribution is 2.22. The first-order chi connectivity index (χ1) is 9.06. The van der Waals surface area contributed by atoms with Gasteiger partial charge < -0.3 is 10.2 Å². The Morgan fingerprint density at radius 3 is 2.79 bits per heavy atom. The van der Waals surface area contributed by atoms with Crippen LogP contribution in [0.5, 0.6) is 5.75 Å². The molecular formula is C14H18FNO3. The number of aromatic hydroxyl groups is 1. The summed E-state index contributed by atoms with van der Waals surface area (Å²) in [6.45, 7) is 1.04. The van der Waals surface area contributed by atoms with Crippen LogP contribution in [0.25, 0.3) is 0 Å². The van der Waals surface area contributed by atoms with Crippen molar-refractivity contribution in [1.82, 2.24) is 4.90 Å². The summed E-state index contributed by atoms with van der Waals surface area (Å²) in [5, 5.41) is 18.6. The average Bonchev–Trinajstić information content (AvgIpc) is 2.53. The molecular weight excluding hydrogens is 249 g/mol. The van der Waals surface area contributed by atoms with E-state index in [4.69, 9.17) is 0 Å². The highest BCUT2D eigenvalue weighted by Gasteiger charge is 2.27. The Balaban J connectivity index is 2.15. The van der Waals surface area contributed by atoms with Gasteiger partial charge in [-0.1, -0.05) is 12.8 Å². The molecule has 0 saturated carbocycles. The third-order valence-corrected chi connectivity index (χ3v) is 3.48. The molecule has 5 heteroatoms. The van der Waals surface area contributed by atoms with E-state index in [-0.39, 0.29) is 5.75 Å². The van der Waals surface area contributed by atoms with E-state index in [0.717, 1.165) is 25.3 Å². The second kappa shape index (κ2) is 6.02. The molecule has 1 unspecified atom stereocenters. The highest BCUT2D eigenvalue weighted by molar-refractivity contribution is 5.73. The average molecular weight is 267 g/mol. The Hall–Kier alpha value is -1.62. The number of nitrogens with zero attached hydrogens (tertiary/aromatic N) is 1. The number of carboxylic acids is 1. The van der Waals surface area contributed by atoms with Crippen LogP contribution in [0, 0.1) is 5.82 Å². The van der Waals surface area contributed by atoms with Gasteiger partial charge in [0.1, 0.15) is 17.6 Å². The summed E-state index contributed by atoms with van der Waals surface area (Å²) in [5.41, 5.74) is 0.602. The summed E-state index contributed by atoms with van der Waals surface area (Å²) in [5.74, 6) is -1.46. The zero-order valence-corrected chi connectivity index (χ0v) is 10.7. The van der Waals surface area contributed by atoms with E-state index in [1.54, 1.807) is 0 Å². The zero-order valence-electron chi connectivity index (χ0n) is 10.7. The molecule has 1 saturated heterocycles. The molecule has 0 amide bonds. The number of benzene rings is 1. The third-order valence-electron chi connectivity index (χ3n) is 3.48. The van der Waals surface area contributed by atoms with Crippen LogP contribution in [-0.2, 0) is 11.3 Å². The van der Waals surface area contributed by atoms with Gasteiger partial charge in [0.25, 0.3) is 0 Å². The molecule has 1 aliphatic heterocycles. The molecule has 0 bridgehead atoms. The maximum absolute atomic E-state index is 13.2. The number of aliphatic carboxylic acids is 1. The predicted molar refractivity (Wildman–Crippen MR) is 68.4 cm³/mol. The maximum Gasteiger partial charge on any atom is 0.320 e. The fourth-order valence-electron chi connectivity index (χ4n) is 2.60. The van der Waals surface area contributed by atoms with Crippen LogP contribution in [0.4, 0.5) is 4.39 Å². The van der Waals surface area contributed by atoms with Gasteiger partial charge in [0.15, 0.2) is 0 Å².